The Balaban J connectivity index is 1.32. The van der Waals surface area contributed by atoms with E-state index in [1.807, 2.05) is 37.3 Å². The van der Waals surface area contributed by atoms with E-state index in [9.17, 15) is 4.79 Å². The highest BCUT2D eigenvalue weighted by molar-refractivity contribution is 5.73. The molecule has 1 atom stereocenters. The standard InChI is InChI=1S/C21H27N3O5/c1-15-2-4-18(29-15)17(24-6-8-26-9-7-24)14-23-21(25)22-13-16-3-5-19-20(12-16)28-11-10-27-19/h2-5,12,17H,6-11,13-14H2,1H3,(H2,22,23,25). The summed E-state index contributed by atoms with van der Waals surface area (Å²) in [6, 6.07) is 9.38. The lowest BCUT2D eigenvalue weighted by molar-refractivity contribution is 0.0121. The van der Waals surface area contributed by atoms with Crippen LogP contribution in [0, 0.1) is 6.92 Å². The van der Waals surface area contributed by atoms with Crippen LogP contribution in [0.4, 0.5) is 4.79 Å². The molecule has 156 valence electrons. The topological polar surface area (TPSA) is 85.2 Å². The van der Waals surface area contributed by atoms with Crippen LogP contribution in [0.25, 0.3) is 0 Å². The third-order valence-corrected chi connectivity index (χ3v) is 5.09. The molecule has 1 saturated heterocycles. The fourth-order valence-corrected chi connectivity index (χ4v) is 3.56. The van der Waals surface area contributed by atoms with Gasteiger partial charge in [-0.3, -0.25) is 4.90 Å². The Morgan fingerprint density at radius 1 is 1.03 bits per heavy atom. The predicted octanol–water partition coefficient (Wildman–Crippen LogP) is 2.23. The van der Waals surface area contributed by atoms with Gasteiger partial charge in [-0.1, -0.05) is 6.07 Å². The van der Waals surface area contributed by atoms with Crippen molar-refractivity contribution in [1.29, 1.82) is 0 Å². The summed E-state index contributed by atoms with van der Waals surface area (Å²) in [6.45, 7) is 6.89. The first-order chi connectivity index (χ1) is 14.2. The number of amides is 2. The van der Waals surface area contributed by atoms with Gasteiger partial charge >= 0.3 is 6.03 Å². The Morgan fingerprint density at radius 2 is 1.83 bits per heavy atom. The normalized spacial score (nSPS) is 17.6. The average molecular weight is 401 g/mol. The molecule has 8 heteroatoms. The van der Waals surface area contributed by atoms with Crippen molar-refractivity contribution in [3.8, 4) is 11.5 Å². The van der Waals surface area contributed by atoms with Gasteiger partial charge in [0.05, 0.1) is 19.3 Å². The maximum atomic E-state index is 12.4. The Labute approximate surface area is 170 Å². The minimum absolute atomic E-state index is 0.0207. The van der Waals surface area contributed by atoms with Crippen molar-refractivity contribution in [3.63, 3.8) is 0 Å². The molecule has 2 aliphatic rings. The summed E-state index contributed by atoms with van der Waals surface area (Å²) in [5.74, 6) is 3.18. The second-order valence-corrected chi connectivity index (χ2v) is 7.15. The summed E-state index contributed by atoms with van der Waals surface area (Å²) in [7, 11) is 0. The molecule has 8 nitrogen and oxygen atoms in total. The SMILES string of the molecule is Cc1ccc(C(CNC(=O)NCc2ccc3c(c2)OCCO3)N2CCOCC2)o1. The molecule has 0 aliphatic carbocycles. The van der Waals surface area contributed by atoms with Crippen molar-refractivity contribution in [2.75, 3.05) is 46.1 Å². The maximum absolute atomic E-state index is 12.4. The van der Waals surface area contributed by atoms with Crippen LogP contribution in [-0.4, -0.2) is 57.0 Å². The summed E-state index contributed by atoms with van der Waals surface area (Å²) in [5, 5.41) is 5.87. The first-order valence-corrected chi connectivity index (χ1v) is 9.97. The van der Waals surface area contributed by atoms with Crippen molar-refractivity contribution in [3.05, 3.63) is 47.4 Å². The summed E-state index contributed by atoms with van der Waals surface area (Å²) in [6.07, 6.45) is 0. The van der Waals surface area contributed by atoms with Gasteiger partial charge in [-0.05, 0) is 36.8 Å². The highest BCUT2D eigenvalue weighted by Crippen LogP contribution is 2.30. The lowest BCUT2D eigenvalue weighted by atomic mass is 10.1. The van der Waals surface area contributed by atoms with Gasteiger partial charge in [-0.25, -0.2) is 4.79 Å². The quantitative estimate of drug-likeness (QED) is 0.772. The molecular formula is C21H27N3O5. The number of hydrogen-bond acceptors (Lipinski definition) is 6. The molecule has 4 rings (SSSR count). The number of morpholine rings is 1. The van der Waals surface area contributed by atoms with Crippen molar-refractivity contribution in [2.45, 2.75) is 19.5 Å². The third-order valence-electron chi connectivity index (χ3n) is 5.09. The Kier molecular flexibility index (Phi) is 6.21. The molecule has 0 saturated carbocycles. The van der Waals surface area contributed by atoms with Crippen molar-refractivity contribution >= 4 is 6.03 Å². The molecule has 3 heterocycles. The van der Waals surface area contributed by atoms with Gasteiger partial charge in [0.1, 0.15) is 24.7 Å². The molecule has 1 unspecified atom stereocenters. The van der Waals surface area contributed by atoms with E-state index < -0.39 is 0 Å². The Hall–Kier alpha value is -2.71. The number of furan rings is 1. The van der Waals surface area contributed by atoms with Crippen molar-refractivity contribution < 1.29 is 23.4 Å². The first-order valence-electron chi connectivity index (χ1n) is 9.97. The van der Waals surface area contributed by atoms with Crippen molar-refractivity contribution in [1.82, 2.24) is 15.5 Å². The first kappa shape index (κ1) is 19.6. The Bertz CT molecular complexity index is 831. The number of benzene rings is 1. The van der Waals surface area contributed by atoms with Crippen LogP contribution in [0.2, 0.25) is 0 Å². The van der Waals surface area contributed by atoms with Crippen LogP contribution in [0.15, 0.2) is 34.7 Å². The Morgan fingerprint density at radius 3 is 2.59 bits per heavy atom. The van der Waals surface area contributed by atoms with E-state index in [1.165, 1.54) is 0 Å². The van der Waals surface area contributed by atoms with E-state index in [0.717, 1.165) is 41.7 Å². The molecule has 0 bridgehead atoms. The lowest BCUT2D eigenvalue weighted by Gasteiger charge is -2.33. The predicted molar refractivity (Wildman–Crippen MR) is 106 cm³/mol. The van der Waals surface area contributed by atoms with Crippen LogP contribution >= 0.6 is 0 Å². The number of hydrogen-bond donors (Lipinski definition) is 2. The van der Waals surface area contributed by atoms with Gasteiger partial charge in [0.2, 0.25) is 0 Å². The van der Waals surface area contributed by atoms with Gasteiger partial charge in [-0.15, -0.1) is 0 Å². The van der Waals surface area contributed by atoms with Gasteiger partial charge in [0, 0.05) is 26.2 Å². The molecule has 2 N–H and O–H groups in total. The van der Waals surface area contributed by atoms with E-state index in [4.69, 9.17) is 18.6 Å². The number of aryl methyl sites for hydroxylation is 1. The minimum atomic E-state index is -0.221. The zero-order chi connectivity index (χ0) is 20.1. The highest BCUT2D eigenvalue weighted by Gasteiger charge is 2.25. The summed E-state index contributed by atoms with van der Waals surface area (Å²) in [5.41, 5.74) is 0.954. The zero-order valence-electron chi connectivity index (χ0n) is 16.6. The number of fused-ring (bicyclic) bond motifs is 1. The number of nitrogens with one attached hydrogen (secondary N) is 2. The van der Waals surface area contributed by atoms with Crippen LogP contribution in [0.3, 0.4) is 0 Å². The number of carbonyl (C=O) groups excluding carboxylic acids is 1. The number of rotatable bonds is 6. The van der Waals surface area contributed by atoms with E-state index in [2.05, 4.69) is 15.5 Å². The molecule has 2 amide bonds. The van der Waals surface area contributed by atoms with Crippen LogP contribution in [0.1, 0.15) is 23.1 Å². The van der Waals surface area contributed by atoms with E-state index in [0.29, 0.717) is 39.5 Å². The molecule has 1 aromatic heterocycles. The fourth-order valence-electron chi connectivity index (χ4n) is 3.56. The number of carbonyl (C=O) groups is 1. The second-order valence-electron chi connectivity index (χ2n) is 7.15. The van der Waals surface area contributed by atoms with Gasteiger partial charge in [0.25, 0.3) is 0 Å². The van der Waals surface area contributed by atoms with Crippen LogP contribution in [-0.2, 0) is 11.3 Å². The molecule has 1 fully saturated rings. The third kappa shape index (κ3) is 5.02. The molecule has 1 aromatic carbocycles. The van der Waals surface area contributed by atoms with Crippen LogP contribution < -0.4 is 20.1 Å². The second kappa shape index (κ2) is 9.19. The van der Waals surface area contributed by atoms with E-state index in [-0.39, 0.29) is 12.1 Å². The monoisotopic (exact) mass is 401 g/mol. The highest BCUT2D eigenvalue weighted by atomic mass is 16.6. The lowest BCUT2D eigenvalue weighted by Crippen LogP contribution is -2.45. The number of ether oxygens (including phenoxy) is 3. The largest absolute Gasteiger partial charge is 0.486 e. The zero-order valence-corrected chi connectivity index (χ0v) is 16.6. The number of urea groups is 1. The van der Waals surface area contributed by atoms with Gasteiger partial charge in [-0.2, -0.15) is 0 Å². The maximum Gasteiger partial charge on any atom is 0.315 e. The number of nitrogens with zero attached hydrogens (tertiary/aromatic N) is 1. The average Bonchev–Trinajstić information content (AvgIpc) is 3.19. The smallest absolute Gasteiger partial charge is 0.315 e. The molecule has 0 radical (unpaired) electrons. The molecule has 2 aromatic rings. The minimum Gasteiger partial charge on any atom is -0.486 e. The molecule has 0 spiro atoms. The molecule has 2 aliphatic heterocycles. The summed E-state index contributed by atoms with van der Waals surface area (Å²) >= 11 is 0. The van der Waals surface area contributed by atoms with Gasteiger partial charge < -0.3 is 29.3 Å². The van der Waals surface area contributed by atoms with E-state index >= 15 is 0 Å². The van der Waals surface area contributed by atoms with Crippen LogP contribution in [0.5, 0.6) is 11.5 Å². The fraction of sp³-hybridized carbons (Fsp3) is 0.476. The summed E-state index contributed by atoms with van der Waals surface area (Å²) < 4.78 is 22.4. The summed E-state index contributed by atoms with van der Waals surface area (Å²) in [4.78, 5) is 14.7. The molecule has 29 heavy (non-hydrogen) atoms. The van der Waals surface area contributed by atoms with Gasteiger partial charge in [0.15, 0.2) is 11.5 Å². The molecular weight excluding hydrogens is 374 g/mol. The van der Waals surface area contributed by atoms with E-state index in [1.54, 1.807) is 0 Å². The van der Waals surface area contributed by atoms with Crippen molar-refractivity contribution in [2.24, 2.45) is 0 Å².